The number of amides is 1. The molecule has 21 heavy (non-hydrogen) atoms. The average molecular weight is 285 g/mol. The summed E-state index contributed by atoms with van der Waals surface area (Å²) >= 11 is 0. The van der Waals surface area contributed by atoms with Crippen LogP contribution in [-0.4, -0.2) is 28.9 Å². The Bertz CT molecular complexity index is 639. The summed E-state index contributed by atoms with van der Waals surface area (Å²) < 4.78 is 0. The number of hydrogen-bond donors (Lipinski definition) is 2. The number of benzene rings is 1. The Morgan fingerprint density at radius 2 is 2.14 bits per heavy atom. The maximum Gasteiger partial charge on any atom is 0.270 e. The summed E-state index contributed by atoms with van der Waals surface area (Å²) in [6, 6.07) is 7.65. The van der Waals surface area contributed by atoms with E-state index in [1.807, 2.05) is 29.2 Å². The van der Waals surface area contributed by atoms with Crippen LogP contribution in [0.1, 0.15) is 43.1 Å². The third-order valence-corrected chi connectivity index (χ3v) is 4.52. The van der Waals surface area contributed by atoms with Crippen molar-refractivity contribution in [2.75, 3.05) is 18.8 Å². The Labute approximate surface area is 125 Å². The molecule has 1 aromatic carbocycles. The third kappa shape index (κ3) is 2.75. The van der Waals surface area contributed by atoms with Crippen molar-refractivity contribution in [1.82, 2.24) is 9.88 Å². The number of nitrogens with two attached hydrogens (primary N) is 1. The predicted octanol–water partition coefficient (Wildman–Crippen LogP) is 3.40. The quantitative estimate of drug-likeness (QED) is 0.849. The zero-order chi connectivity index (χ0) is 14.8. The summed E-state index contributed by atoms with van der Waals surface area (Å²) in [6.45, 7) is 3.97. The van der Waals surface area contributed by atoms with Gasteiger partial charge >= 0.3 is 0 Å². The van der Waals surface area contributed by atoms with Crippen molar-refractivity contribution in [3.05, 3.63) is 30.0 Å². The number of H-pyrrole nitrogens is 1. The molecular weight excluding hydrogens is 262 g/mol. The lowest BCUT2D eigenvalue weighted by Gasteiger charge is -2.31. The number of nitrogens with zero attached hydrogens (tertiary/aromatic N) is 1. The van der Waals surface area contributed by atoms with E-state index in [-0.39, 0.29) is 5.91 Å². The van der Waals surface area contributed by atoms with Crippen LogP contribution < -0.4 is 5.73 Å². The SMILES string of the molecule is CCCC1CCN(C(=O)c2cc3cccc(N)c3[nH]2)CC1. The number of fused-ring (bicyclic) bond motifs is 1. The molecule has 2 heterocycles. The van der Waals surface area contributed by atoms with Crippen molar-refractivity contribution in [3.63, 3.8) is 0 Å². The average Bonchev–Trinajstić information content (AvgIpc) is 2.93. The van der Waals surface area contributed by atoms with Gasteiger partial charge in [-0.25, -0.2) is 0 Å². The summed E-state index contributed by atoms with van der Waals surface area (Å²) in [5.41, 5.74) is 8.14. The smallest absolute Gasteiger partial charge is 0.270 e. The fourth-order valence-electron chi connectivity index (χ4n) is 3.30. The number of aromatic amines is 1. The van der Waals surface area contributed by atoms with E-state index in [9.17, 15) is 4.79 Å². The molecule has 4 nitrogen and oxygen atoms in total. The van der Waals surface area contributed by atoms with Gasteiger partial charge in [0, 0.05) is 18.5 Å². The maximum absolute atomic E-state index is 12.6. The van der Waals surface area contributed by atoms with Crippen LogP contribution in [0.5, 0.6) is 0 Å². The molecule has 2 aromatic rings. The third-order valence-electron chi connectivity index (χ3n) is 4.52. The molecule has 4 heteroatoms. The monoisotopic (exact) mass is 285 g/mol. The molecule has 0 saturated carbocycles. The lowest BCUT2D eigenvalue weighted by atomic mass is 9.92. The Kier molecular flexibility index (Phi) is 3.86. The highest BCUT2D eigenvalue weighted by Gasteiger charge is 2.24. The number of carbonyl (C=O) groups is 1. The first kappa shape index (κ1) is 14.0. The molecule has 3 N–H and O–H groups in total. The number of anilines is 1. The van der Waals surface area contributed by atoms with Gasteiger partial charge in [0.2, 0.25) is 0 Å². The van der Waals surface area contributed by atoms with Gasteiger partial charge in [-0.2, -0.15) is 0 Å². The molecule has 1 fully saturated rings. The number of piperidine rings is 1. The number of likely N-dealkylation sites (tertiary alicyclic amines) is 1. The molecule has 0 radical (unpaired) electrons. The van der Waals surface area contributed by atoms with Crippen molar-refractivity contribution < 1.29 is 4.79 Å². The van der Waals surface area contributed by atoms with E-state index in [1.165, 1.54) is 12.8 Å². The van der Waals surface area contributed by atoms with Gasteiger partial charge in [-0.3, -0.25) is 4.79 Å². The predicted molar refractivity (Wildman–Crippen MR) is 86.2 cm³/mol. The van der Waals surface area contributed by atoms with Gasteiger partial charge in [0.25, 0.3) is 5.91 Å². The first-order valence-electron chi connectivity index (χ1n) is 7.85. The first-order valence-corrected chi connectivity index (χ1v) is 7.85. The van der Waals surface area contributed by atoms with Gasteiger partial charge in [-0.15, -0.1) is 0 Å². The second-order valence-electron chi connectivity index (χ2n) is 6.02. The standard InChI is InChI=1S/C17H23N3O/c1-2-4-12-7-9-20(10-8-12)17(21)15-11-13-5-3-6-14(18)16(13)19-15/h3,5-6,11-12,19H,2,4,7-10,18H2,1H3. The molecule has 3 rings (SSSR count). The molecule has 1 aromatic heterocycles. The van der Waals surface area contributed by atoms with E-state index < -0.39 is 0 Å². The molecule has 0 aliphatic carbocycles. The van der Waals surface area contributed by atoms with Crippen molar-refractivity contribution in [2.45, 2.75) is 32.6 Å². The second kappa shape index (κ2) is 5.80. The number of nitrogen functional groups attached to an aromatic ring is 1. The number of rotatable bonds is 3. The molecule has 1 amide bonds. The lowest BCUT2D eigenvalue weighted by molar-refractivity contribution is 0.0681. The number of nitrogens with one attached hydrogen (secondary N) is 1. The molecule has 112 valence electrons. The topological polar surface area (TPSA) is 62.1 Å². The summed E-state index contributed by atoms with van der Waals surface area (Å²) in [7, 11) is 0. The van der Waals surface area contributed by atoms with E-state index in [1.54, 1.807) is 0 Å². The van der Waals surface area contributed by atoms with Gasteiger partial charge in [0.05, 0.1) is 11.2 Å². The van der Waals surface area contributed by atoms with E-state index >= 15 is 0 Å². The zero-order valence-corrected chi connectivity index (χ0v) is 12.6. The summed E-state index contributed by atoms with van der Waals surface area (Å²) in [4.78, 5) is 17.7. The minimum Gasteiger partial charge on any atom is -0.397 e. The van der Waals surface area contributed by atoms with Crippen LogP contribution in [0.25, 0.3) is 10.9 Å². The number of hydrogen-bond acceptors (Lipinski definition) is 2. The molecule has 0 spiro atoms. The molecule has 1 saturated heterocycles. The van der Waals surface area contributed by atoms with E-state index in [0.717, 1.165) is 42.8 Å². The summed E-state index contributed by atoms with van der Waals surface area (Å²) in [6.07, 6.45) is 4.77. The van der Waals surface area contributed by atoms with E-state index in [2.05, 4.69) is 11.9 Å². The van der Waals surface area contributed by atoms with Crippen LogP contribution in [0.4, 0.5) is 5.69 Å². The molecule has 0 atom stereocenters. The molecule has 0 unspecified atom stereocenters. The van der Waals surface area contributed by atoms with Crippen molar-refractivity contribution in [3.8, 4) is 0 Å². The number of carbonyl (C=O) groups excluding carboxylic acids is 1. The molecule has 0 bridgehead atoms. The normalized spacial score (nSPS) is 16.5. The van der Waals surface area contributed by atoms with Crippen molar-refractivity contribution in [2.24, 2.45) is 5.92 Å². The van der Waals surface area contributed by atoms with Crippen LogP contribution in [0.2, 0.25) is 0 Å². The van der Waals surface area contributed by atoms with Crippen LogP contribution >= 0.6 is 0 Å². The van der Waals surface area contributed by atoms with Crippen LogP contribution in [-0.2, 0) is 0 Å². The largest absolute Gasteiger partial charge is 0.397 e. The minimum atomic E-state index is 0.0977. The van der Waals surface area contributed by atoms with Gasteiger partial charge in [-0.05, 0) is 30.9 Å². The van der Waals surface area contributed by atoms with Gasteiger partial charge in [0.15, 0.2) is 0 Å². The fourth-order valence-corrected chi connectivity index (χ4v) is 3.30. The number of aromatic nitrogens is 1. The lowest BCUT2D eigenvalue weighted by Crippen LogP contribution is -2.38. The number of para-hydroxylation sites is 1. The van der Waals surface area contributed by atoms with Gasteiger partial charge in [-0.1, -0.05) is 31.9 Å². The second-order valence-corrected chi connectivity index (χ2v) is 6.02. The molecule has 1 aliphatic rings. The maximum atomic E-state index is 12.6. The Morgan fingerprint density at radius 1 is 1.38 bits per heavy atom. The zero-order valence-electron chi connectivity index (χ0n) is 12.6. The van der Waals surface area contributed by atoms with Crippen LogP contribution in [0, 0.1) is 5.92 Å². The minimum absolute atomic E-state index is 0.0977. The highest BCUT2D eigenvalue weighted by atomic mass is 16.2. The fraction of sp³-hybridized carbons (Fsp3) is 0.471. The van der Waals surface area contributed by atoms with Crippen molar-refractivity contribution >= 4 is 22.5 Å². The summed E-state index contributed by atoms with van der Waals surface area (Å²) in [5.74, 6) is 0.887. The van der Waals surface area contributed by atoms with Gasteiger partial charge < -0.3 is 15.6 Å². The Hall–Kier alpha value is -1.97. The molecular formula is C17H23N3O. The Balaban J connectivity index is 1.74. The first-order chi connectivity index (χ1) is 10.2. The van der Waals surface area contributed by atoms with E-state index in [0.29, 0.717) is 11.4 Å². The van der Waals surface area contributed by atoms with Crippen molar-refractivity contribution in [1.29, 1.82) is 0 Å². The van der Waals surface area contributed by atoms with E-state index in [4.69, 9.17) is 5.73 Å². The highest BCUT2D eigenvalue weighted by Crippen LogP contribution is 2.25. The van der Waals surface area contributed by atoms with Crippen LogP contribution in [0.15, 0.2) is 24.3 Å². The molecule has 1 aliphatic heterocycles. The van der Waals surface area contributed by atoms with Gasteiger partial charge in [0.1, 0.15) is 5.69 Å². The Morgan fingerprint density at radius 3 is 2.81 bits per heavy atom. The highest BCUT2D eigenvalue weighted by molar-refractivity contribution is 6.00. The van der Waals surface area contributed by atoms with Crippen LogP contribution in [0.3, 0.4) is 0 Å². The summed E-state index contributed by atoms with van der Waals surface area (Å²) in [5, 5.41) is 0.999.